The minimum atomic E-state index is -4.44. The number of carbonyl (C=O) groups is 4. The summed E-state index contributed by atoms with van der Waals surface area (Å²) in [7, 11) is -4.31. The fourth-order valence-corrected chi connectivity index (χ4v) is 5.71. The number of nitrogens with two attached hydrogens (primary N) is 1. The van der Waals surface area contributed by atoms with Gasteiger partial charge >= 0.3 is 16.2 Å². The number of hydrogen-bond acceptors (Lipinski definition) is 11. The van der Waals surface area contributed by atoms with Crippen LogP contribution in [0.15, 0.2) is 26.2 Å². The Bertz CT molecular complexity index is 1220. The van der Waals surface area contributed by atoms with E-state index in [1.165, 1.54) is 23.5 Å². The quantitative estimate of drug-likeness (QED) is 0.159. The van der Waals surface area contributed by atoms with Gasteiger partial charge in [0, 0.05) is 27.9 Å². The molecule has 0 aromatic carbocycles. The summed E-state index contributed by atoms with van der Waals surface area (Å²) in [6.45, 7) is 1.29. The minimum Gasteiger partial charge on any atom is -0.369 e. The van der Waals surface area contributed by atoms with Crippen LogP contribution in [0.2, 0.25) is 0 Å². The Hall–Kier alpha value is -3.22. The highest BCUT2D eigenvalue weighted by molar-refractivity contribution is 7.91. The lowest BCUT2D eigenvalue weighted by atomic mass is 10.1. The van der Waals surface area contributed by atoms with Crippen molar-refractivity contribution >= 4 is 62.1 Å². The molecule has 16 nitrogen and oxygen atoms in total. The molecule has 0 radical (unpaired) electrons. The second-order valence-electron chi connectivity index (χ2n) is 7.13. The molecule has 5 N–H and O–H groups in total. The molecule has 3 unspecified atom stereocenters. The molecule has 0 spiro atoms. The zero-order chi connectivity index (χ0) is 25.9. The van der Waals surface area contributed by atoms with Gasteiger partial charge in [-0.2, -0.15) is 8.42 Å². The number of likely N-dealkylation sites (tertiary alicyclic amines) is 1. The Kier molecular flexibility index (Phi) is 7.98. The summed E-state index contributed by atoms with van der Waals surface area (Å²) in [5, 5.41) is 7.62. The number of amides is 5. The van der Waals surface area contributed by atoms with Crippen molar-refractivity contribution < 1.29 is 37.0 Å². The van der Waals surface area contributed by atoms with Crippen molar-refractivity contribution in [2.45, 2.75) is 24.9 Å². The van der Waals surface area contributed by atoms with Crippen LogP contribution in [0.1, 0.15) is 12.1 Å². The van der Waals surface area contributed by atoms with Gasteiger partial charge in [0.05, 0.1) is 25.8 Å². The number of nitrogens with one attached hydrogen (secondary N) is 3. The molecular weight excluding hydrogens is 532 g/mol. The maximum Gasteiger partial charge on any atom is 0.339 e. The van der Waals surface area contributed by atoms with Gasteiger partial charge in [-0.3, -0.25) is 19.3 Å². The molecule has 1 aromatic heterocycles. The topological polar surface area (TPSA) is 219 Å². The maximum absolute atomic E-state index is 12.9. The van der Waals surface area contributed by atoms with Gasteiger partial charge in [-0.05, 0) is 6.92 Å². The van der Waals surface area contributed by atoms with Crippen LogP contribution in [0.3, 0.4) is 0 Å². The highest BCUT2D eigenvalue weighted by atomic mass is 35.5. The first kappa shape index (κ1) is 26.4. The van der Waals surface area contributed by atoms with Crippen LogP contribution >= 0.6 is 11.6 Å². The van der Waals surface area contributed by atoms with Crippen LogP contribution in [0.5, 0.6) is 0 Å². The normalized spacial score (nSPS) is 22.0. The van der Waals surface area contributed by atoms with E-state index < -0.39 is 56.2 Å². The predicted molar refractivity (Wildman–Crippen MR) is 121 cm³/mol. The molecule has 1 aromatic rings. The van der Waals surface area contributed by atoms with E-state index in [1.54, 1.807) is 11.6 Å². The lowest BCUT2D eigenvalue weighted by molar-refractivity contribution is -0.145. The second-order valence-corrected chi connectivity index (χ2v) is 10.3. The molecule has 3 heterocycles. The summed E-state index contributed by atoms with van der Waals surface area (Å²) < 4.78 is 36.6. The third kappa shape index (κ3) is 6.08. The number of hydrogen-bond donors (Lipinski definition) is 4. The maximum atomic E-state index is 12.9. The fraction of sp³-hybridized carbons (Fsp3) is 0.438. The van der Waals surface area contributed by atoms with E-state index in [-0.39, 0.29) is 30.4 Å². The second kappa shape index (κ2) is 10.6. The highest BCUT2D eigenvalue weighted by Gasteiger charge is 2.50. The predicted octanol–water partition coefficient (Wildman–Crippen LogP) is -1.41. The minimum absolute atomic E-state index is 0.235. The smallest absolute Gasteiger partial charge is 0.339 e. The zero-order valence-corrected chi connectivity index (χ0v) is 20.6. The summed E-state index contributed by atoms with van der Waals surface area (Å²) >= 11 is 5.58. The zero-order valence-electron chi connectivity index (χ0n) is 18.3. The van der Waals surface area contributed by atoms with Crippen LogP contribution in [0, 0.1) is 6.92 Å². The monoisotopic (exact) mass is 552 g/mol. The van der Waals surface area contributed by atoms with Crippen LogP contribution in [0.4, 0.5) is 10.7 Å². The van der Waals surface area contributed by atoms with Crippen LogP contribution in [-0.2, 0) is 40.1 Å². The molecule has 35 heavy (non-hydrogen) atoms. The largest absolute Gasteiger partial charge is 0.369 e. The molecule has 0 aliphatic carbocycles. The van der Waals surface area contributed by atoms with Crippen LogP contribution < -0.4 is 20.5 Å². The number of rotatable bonds is 9. The van der Waals surface area contributed by atoms with Gasteiger partial charge in [-0.1, -0.05) is 5.16 Å². The fourth-order valence-electron chi connectivity index (χ4n) is 3.20. The van der Waals surface area contributed by atoms with E-state index in [0.29, 0.717) is 10.6 Å². The first-order valence-electron chi connectivity index (χ1n) is 9.63. The first-order chi connectivity index (χ1) is 16.5. The molecular formula is C16H21ClN8O8S2. The highest BCUT2D eigenvalue weighted by Crippen LogP contribution is 2.32. The number of β-lactam (4-membered cyclic amide) rings is 1. The van der Waals surface area contributed by atoms with Gasteiger partial charge in [-0.25, -0.2) is 19.1 Å². The van der Waals surface area contributed by atoms with Gasteiger partial charge in [-0.15, -0.1) is 16.1 Å². The van der Waals surface area contributed by atoms with E-state index in [0.717, 1.165) is 0 Å². The number of aromatic nitrogens is 1. The molecule has 0 saturated carbocycles. The van der Waals surface area contributed by atoms with Crippen molar-refractivity contribution in [3.8, 4) is 0 Å². The lowest BCUT2D eigenvalue weighted by Gasteiger charge is -2.45. The van der Waals surface area contributed by atoms with E-state index >= 15 is 0 Å². The van der Waals surface area contributed by atoms with Crippen molar-refractivity contribution in [3.63, 3.8) is 0 Å². The number of anilines is 1. The van der Waals surface area contributed by atoms with Crippen molar-refractivity contribution in [1.82, 2.24) is 25.0 Å². The van der Waals surface area contributed by atoms with Gasteiger partial charge in [0.15, 0.2) is 5.50 Å². The van der Waals surface area contributed by atoms with Crippen molar-refractivity contribution in [2.75, 3.05) is 24.3 Å². The van der Waals surface area contributed by atoms with Crippen molar-refractivity contribution in [2.24, 2.45) is 10.3 Å². The summed E-state index contributed by atoms with van der Waals surface area (Å²) in [5.74, 6) is -2.71. The number of aryl methyl sites for hydroxylation is 1. The summed E-state index contributed by atoms with van der Waals surface area (Å²) in [5.41, 5.74) is 5.03. The number of halogens is 1. The lowest BCUT2D eigenvalue weighted by Crippen LogP contribution is -2.69. The molecule has 3 rings (SSSR count). The van der Waals surface area contributed by atoms with Crippen molar-refractivity contribution in [1.29, 1.82) is 0 Å². The summed E-state index contributed by atoms with van der Waals surface area (Å²) in [4.78, 5) is 55.7. The van der Waals surface area contributed by atoms with E-state index in [4.69, 9.17) is 26.7 Å². The molecule has 2 aliphatic heterocycles. The average Bonchev–Trinajstić information content (AvgIpc) is 3.29. The molecule has 192 valence electrons. The third-order valence-corrected chi connectivity index (χ3v) is 7.36. The van der Waals surface area contributed by atoms with Crippen LogP contribution in [0.25, 0.3) is 0 Å². The number of alkyl halides is 1. The standard InChI is InChI=1S/C16H21ClN8O8S2/c1-8-3-13(33-20-8)21-35(30,31)22-15(29)24-6-10(14(24)28)25-9(4-11(18)26)7-34(23-32-2)16(25)19-12(27)5-17/h3,7,10,16,21H,4-6H2,1-2H3,(H2,18,26)(H,19,27)(H,22,29). The Morgan fingerprint density at radius 2 is 2.14 bits per heavy atom. The molecule has 5 amide bonds. The number of imide groups is 1. The SMILES string of the molecule is CO/N=S1/C=C(CC(N)=O)N(C2CN(C(=O)NS(=O)(=O)Nc3cc(C)no3)C2=O)C1NC(=O)CCl. The number of carbonyl (C=O) groups excluding carboxylic acids is 4. The third-order valence-electron chi connectivity index (χ3n) is 4.56. The van der Waals surface area contributed by atoms with Crippen LogP contribution in [-0.4, -0.2) is 78.2 Å². The van der Waals surface area contributed by atoms with E-state index in [9.17, 15) is 27.6 Å². The average molecular weight is 553 g/mol. The Balaban J connectivity index is 1.76. The van der Waals surface area contributed by atoms with Crippen molar-refractivity contribution in [3.05, 3.63) is 22.9 Å². The Labute approximate surface area is 206 Å². The number of nitrogens with zero attached hydrogens (tertiary/aromatic N) is 4. The molecule has 1 fully saturated rings. The molecule has 2 aliphatic rings. The number of urea groups is 1. The summed E-state index contributed by atoms with van der Waals surface area (Å²) in [6.07, 6.45) is -0.291. The number of primary amides is 1. The van der Waals surface area contributed by atoms with E-state index in [2.05, 4.69) is 15.0 Å². The summed E-state index contributed by atoms with van der Waals surface area (Å²) in [6, 6.07) is -0.980. The molecule has 0 bridgehead atoms. The van der Waals surface area contributed by atoms with Gasteiger partial charge in [0.1, 0.15) is 11.9 Å². The van der Waals surface area contributed by atoms with Gasteiger partial charge in [0.2, 0.25) is 17.7 Å². The molecule has 1 saturated heterocycles. The molecule has 19 heteroatoms. The Morgan fingerprint density at radius 3 is 2.69 bits per heavy atom. The first-order valence-corrected chi connectivity index (χ1v) is 13.0. The van der Waals surface area contributed by atoms with E-state index in [1.807, 2.05) is 4.72 Å². The van der Waals surface area contributed by atoms with Gasteiger partial charge in [0.25, 0.3) is 5.91 Å². The molecule has 3 atom stereocenters. The Morgan fingerprint density at radius 1 is 1.43 bits per heavy atom. The van der Waals surface area contributed by atoms with Gasteiger partial charge < -0.3 is 20.5 Å².